The van der Waals surface area contributed by atoms with Gasteiger partial charge in [-0.15, -0.1) is 11.3 Å². The summed E-state index contributed by atoms with van der Waals surface area (Å²) in [5, 5.41) is 4.14. The van der Waals surface area contributed by atoms with Crippen LogP contribution in [0.5, 0.6) is 0 Å². The molecule has 21 heavy (non-hydrogen) atoms. The Morgan fingerprint density at radius 1 is 1.29 bits per heavy atom. The van der Waals surface area contributed by atoms with Gasteiger partial charge in [0.15, 0.2) is 0 Å². The van der Waals surface area contributed by atoms with Gasteiger partial charge in [0.25, 0.3) is 0 Å². The van der Waals surface area contributed by atoms with E-state index in [2.05, 4.69) is 19.2 Å². The van der Waals surface area contributed by atoms with Crippen molar-refractivity contribution in [2.75, 3.05) is 13.6 Å². The van der Waals surface area contributed by atoms with E-state index in [0.717, 1.165) is 15.0 Å². The number of hydrogen-bond acceptors (Lipinski definition) is 4. The Morgan fingerprint density at radius 3 is 2.57 bits per heavy atom. The molecule has 2 aromatic rings. The van der Waals surface area contributed by atoms with Crippen molar-refractivity contribution in [3.8, 4) is 0 Å². The average molecular weight is 326 g/mol. The number of nitrogens with zero attached hydrogens (tertiary/aromatic N) is 1. The Labute approximate surface area is 130 Å². The number of thiophene rings is 1. The first-order chi connectivity index (χ1) is 9.87. The standard InChI is InChI=1S/C15H22N2O2S2/c1-5-17(4)21(18,19)15-12-8-6-7-9-13(12)20-14(15)10-16-11(2)3/h6-9,11,16H,5,10H2,1-4H3. The maximum atomic E-state index is 12.8. The second-order valence-electron chi connectivity index (χ2n) is 5.31. The third-order valence-electron chi connectivity index (χ3n) is 3.40. The molecular formula is C15H22N2O2S2. The molecule has 0 saturated heterocycles. The Bertz CT molecular complexity index is 720. The molecule has 0 aliphatic rings. The zero-order chi connectivity index (χ0) is 15.6. The van der Waals surface area contributed by atoms with Gasteiger partial charge in [-0.05, 0) is 6.07 Å². The first kappa shape index (κ1) is 16.4. The van der Waals surface area contributed by atoms with Crippen LogP contribution in [-0.2, 0) is 16.6 Å². The van der Waals surface area contributed by atoms with Crippen molar-refractivity contribution in [2.45, 2.75) is 38.3 Å². The molecule has 0 unspecified atom stereocenters. The van der Waals surface area contributed by atoms with E-state index >= 15 is 0 Å². The molecule has 1 aromatic carbocycles. The minimum atomic E-state index is -3.45. The molecule has 6 heteroatoms. The highest BCUT2D eigenvalue weighted by atomic mass is 32.2. The molecule has 1 heterocycles. The lowest BCUT2D eigenvalue weighted by Gasteiger charge is -2.16. The van der Waals surface area contributed by atoms with Crippen LogP contribution in [0.25, 0.3) is 10.1 Å². The molecule has 0 radical (unpaired) electrons. The topological polar surface area (TPSA) is 49.4 Å². The van der Waals surface area contributed by atoms with Crippen LogP contribution in [0.1, 0.15) is 25.6 Å². The SMILES string of the molecule is CCN(C)S(=O)(=O)c1c(CNC(C)C)sc2ccccc12. The minimum Gasteiger partial charge on any atom is -0.310 e. The highest BCUT2D eigenvalue weighted by Crippen LogP contribution is 2.36. The zero-order valence-electron chi connectivity index (χ0n) is 12.9. The van der Waals surface area contributed by atoms with Gasteiger partial charge in [-0.3, -0.25) is 0 Å². The molecule has 4 nitrogen and oxygen atoms in total. The molecule has 0 aliphatic heterocycles. The van der Waals surface area contributed by atoms with Gasteiger partial charge in [-0.25, -0.2) is 12.7 Å². The van der Waals surface area contributed by atoms with Crippen molar-refractivity contribution < 1.29 is 8.42 Å². The highest BCUT2D eigenvalue weighted by Gasteiger charge is 2.27. The van der Waals surface area contributed by atoms with Gasteiger partial charge >= 0.3 is 0 Å². The molecule has 1 N–H and O–H groups in total. The molecular weight excluding hydrogens is 304 g/mol. The van der Waals surface area contributed by atoms with Crippen molar-refractivity contribution in [3.63, 3.8) is 0 Å². The lowest BCUT2D eigenvalue weighted by Crippen LogP contribution is -2.28. The lowest BCUT2D eigenvalue weighted by atomic mass is 10.2. The quantitative estimate of drug-likeness (QED) is 0.887. The summed E-state index contributed by atoms with van der Waals surface area (Å²) in [5.74, 6) is 0. The molecule has 2 rings (SSSR count). The molecule has 0 atom stereocenters. The van der Waals surface area contributed by atoms with Crippen LogP contribution in [-0.4, -0.2) is 32.4 Å². The summed E-state index contributed by atoms with van der Waals surface area (Å²) in [5.41, 5.74) is 0. The third kappa shape index (κ3) is 3.29. The first-order valence-electron chi connectivity index (χ1n) is 7.08. The molecule has 0 bridgehead atoms. The zero-order valence-corrected chi connectivity index (χ0v) is 14.5. The summed E-state index contributed by atoms with van der Waals surface area (Å²) in [6.07, 6.45) is 0. The van der Waals surface area contributed by atoms with Crippen molar-refractivity contribution in [2.24, 2.45) is 0 Å². The normalized spacial score (nSPS) is 12.7. The van der Waals surface area contributed by atoms with Crippen LogP contribution in [0.15, 0.2) is 29.2 Å². The molecule has 0 saturated carbocycles. The van der Waals surface area contributed by atoms with Gasteiger partial charge in [-0.2, -0.15) is 0 Å². The largest absolute Gasteiger partial charge is 0.310 e. The molecule has 1 aromatic heterocycles. The van der Waals surface area contributed by atoms with Crippen molar-refractivity contribution in [1.82, 2.24) is 9.62 Å². The number of benzene rings is 1. The van der Waals surface area contributed by atoms with Gasteiger partial charge in [0.1, 0.15) is 4.90 Å². The lowest BCUT2D eigenvalue weighted by molar-refractivity contribution is 0.485. The van der Waals surface area contributed by atoms with E-state index in [1.54, 1.807) is 18.4 Å². The van der Waals surface area contributed by atoms with Crippen LogP contribution < -0.4 is 5.32 Å². The Balaban J connectivity index is 2.61. The first-order valence-corrected chi connectivity index (χ1v) is 9.33. The predicted octanol–water partition coefficient (Wildman–Crippen LogP) is 3.04. The van der Waals surface area contributed by atoms with Crippen LogP contribution in [0, 0.1) is 0 Å². The Morgan fingerprint density at radius 2 is 1.95 bits per heavy atom. The maximum Gasteiger partial charge on any atom is 0.244 e. The van der Waals surface area contributed by atoms with Gasteiger partial charge < -0.3 is 5.32 Å². The van der Waals surface area contributed by atoms with Gasteiger partial charge in [0.2, 0.25) is 10.0 Å². The molecule has 0 aliphatic carbocycles. The van der Waals surface area contributed by atoms with E-state index in [4.69, 9.17) is 0 Å². The summed E-state index contributed by atoms with van der Waals surface area (Å²) in [7, 11) is -1.82. The number of fused-ring (bicyclic) bond motifs is 1. The Hall–Kier alpha value is -0.950. The molecule has 0 spiro atoms. The van der Waals surface area contributed by atoms with Crippen molar-refractivity contribution >= 4 is 31.4 Å². The fraction of sp³-hybridized carbons (Fsp3) is 0.467. The van der Waals surface area contributed by atoms with Gasteiger partial charge in [0, 0.05) is 41.1 Å². The highest BCUT2D eigenvalue weighted by molar-refractivity contribution is 7.89. The van der Waals surface area contributed by atoms with E-state index in [9.17, 15) is 8.42 Å². The second-order valence-corrected chi connectivity index (χ2v) is 8.42. The van der Waals surface area contributed by atoms with Crippen LogP contribution in [0.3, 0.4) is 0 Å². The minimum absolute atomic E-state index is 0.315. The predicted molar refractivity (Wildman–Crippen MR) is 89.3 cm³/mol. The van der Waals surface area contributed by atoms with E-state index in [-0.39, 0.29) is 0 Å². The van der Waals surface area contributed by atoms with Crippen LogP contribution in [0.2, 0.25) is 0 Å². The molecule has 116 valence electrons. The number of sulfonamides is 1. The molecule has 0 amide bonds. The van der Waals surface area contributed by atoms with Crippen LogP contribution >= 0.6 is 11.3 Å². The fourth-order valence-corrected chi connectivity index (χ4v) is 5.12. The summed E-state index contributed by atoms with van der Waals surface area (Å²) < 4.78 is 28.0. The maximum absolute atomic E-state index is 12.8. The average Bonchev–Trinajstić information content (AvgIpc) is 2.83. The third-order valence-corrected chi connectivity index (χ3v) is 6.76. The van der Waals surface area contributed by atoms with Crippen molar-refractivity contribution in [3.05, 3.63) is 29.1 Å². The van der Waals surface area contributed by atoms with Crippen LogP contribution in [0.4, 0.5) is 0 Å². The van der Waals surface area contributed by atoms with E-state index in [1.165, 1.54) is 4.31 Å². The van der Waals surface area contributed by atoms with E-state index < -0.39 is 10.0 Å². The van der Waals surface area contributed by atoms with Gasteiger partial charge in [-0.1, -0.05) is 39.0 Å². The number of hydrogen-bond donors (Lipinski definition) is 1. The smallest absolute Gasteiger partial charge is 0.244 e. The van der Waals surface area contributed by atoms with E-state index in [0.29, 0.717) is 24.0 Å². The second kappa shape index (κ2) is 6.44. The summed E-state index contributed by atoms with van der Waals surface area (Å²) in [6.45, 7) is 6.99. The summed E-state index contributed by atoms with van der Waals surface area (Å²) >= 11 is 1.55. The Kier molecular flexibility index (Phi) is 5.03. The van der Waals surface area contributed by atoms with Crippen molar-refractivity contribution in [1.29, 1.82) is 0 Å². The van der Waals surface area contributed by atoms with Gasteiger partial charge in [0.05, 0.1) is 0 Å². The van der Waals surface area contributed by atoms with E-state index in [1.807, 2.05) is 31.2 Å². The summed E-state index contributed by atoms with van der Waals surface area (Å²) in [4.78, 5) is 1.34. The summed E-state index contributed by atoms with van der Waals surface area (Å²) in [6, 6.07) is 8.01. The number of rotatable bonds is 6. The fourth-order valence-electron chi connectivity index (χ4n) is 2.09. The number of nitrogens with one attached hydrogen (secondary N) is 1. The molecule has 0 fully saturated rings. The monoisotopic (exact) mass is 326 g/mol.